The number of carbonyl (C=O) groups excluding carboxylic acids is 3. The molecule has 0 bridgehead atoms. The van der Waals surface area contributed by atoms with Crippen molar-refractivity contribution in [2.45, 2.75) is 6.92 Å². The Kier molecular flexibility index (Phi) is 3.52. The number of benzene rings is 1. The van der Waals surface area contributed by atoms with Gasteiger partial charge in [-0.2, -0.15) is 5.26 Å². The van der Waals surface area contributed by atoms with Gasteiger partial charge in [0, 0.05) is 13.0 Å². The van der Waals surface area contributed by atoms with Crippen LogP contribution in [-0.4, -0.2) is 36.3 Å². The molecule has 3 rings (SSSR count). The summed E-state index contributed by atoms with van der Waals surface area (Å²) in [6, 6.07) is 11.2. The molecular weight excluding hydrogens is 308 g/mol. The second kappa shape index (κ2) is 5.31. The highest BCUT2D eigenvalue weighted by atomic mass is 16.5. The maximum atomic E-state index is 12.6. The van der Waals surface area contributed by atoms with Crippen LogP contribution in [0.15, 0.2) is 36.4 Å². The van der Waals surface area contributed by atoms with Crippen molar-refractivity contribution in [1.29, 1.82) is 5.26 Å². The Morgan fingerprint density at radius 3 is 2.58 bits per heavy atom. The number of fused-ring (bicyclic) bond motifs is 1. The van der Waals surface area contributed by atoms with Crippen molar-refractivity contribution in [1.82, 2.24) is 4.90 Å². The molecule has 0 spiro atoms. The number of carbonyl (C=O) groups is 3. The van der Waals surface area contributed by atoms with E-state index in [1.165, 1.54) is 7.05 Å². The summed E-state index contributed by atoms with van der Waals surface area (Å²) >= 11 is 0. The average molecular weight is 324 g/mol. The first-order chi connectivity index (χ1) is 11.5. The van der Waals surface area contributed by atoms with Crippen molar-refractivity contribution < 1.29 is 19.1 Å². The number of amides is 2. The zero-order valence-electron chi connectivity index (χ0n) is 13.4. The SMILES string of the molecule is CCOC(=O)C12C(=O)N(C)C(=O)C1(C#N)C2C=Cc1ccccc1. The lowest BCUT2D eigenvalue weighted by Gasteiger charge is -2.15. The Hall–Kier alpha value is -2.94. The first-order valence-electron chi connectivity index (χ1n) is 7.62. The Labute approximate surface area is 139 Å². The van der Waals surface area contributed by atoms with E-state index in [-0.39, 0.29) is 6.61 Å². The molecule has 1 aliphatic carbocycles. The van der Waals surface area contributed by atoms with Crippen LogP contribution >= 0.6 is 0 Å². The number of imide groups is 1. The number of piperidine rings is 1. The van der Waals surface area contributed by atoms with Gasteiger partial charge in [-0.1, -0.05) is 42.5 Å². The molecule has 1 aromatic rings. The lowest BCUT2D eigenvalue weighted by atomic mass is 9.97. The molecule has 2 aliphatic rings. The lowest BCUT2D eigenvalue weighted by Crippen LogP contribution is -2.37. The number of hydrogen-bond acceptors (Lipinski definition) is 5. The fourth-order valence-corrected chi connectivity index (χ4v) is 3.61. The second-order valence-corrected chi connectivity index (χ2v) is 5.87. The number of ether oxygens (including phenoxy) is 1. The van der Waals surface area contributed by atoms with Crippen LogP contribution in [0.4, 0.5) is 0 Å². The van der Waals surface area contributed by atoms with E-state index in [0.717, 1.165) is 10.5 Å². The maximum absolute atomic E-state index is 12.6. The van der Waals surface area contributed by atoms with E-state index >= 15 is 0 Å². The number of nitriles is 1. The number of esters is 1. The molecule has 1 aromatic carbocycles. The Morgan fingerprint density at radius 1 is 1.33 bits per heavy atom. The van der Waals surface area contributed by atoms with Crippen LogP contribution in [-0.2, 0) is 19.1 Å². The molecule has 2 fully saturated rings. The predicted molar refractivity (Wildman–Crippen MR) is 83.9 cm³/mol. The third-order valence-electron chi connectivity index (χ3n) is 4.81. The fraction of sp³-hybridized carbons (Fsp3) is 0.333. The van der Waals surface area contributed by atoms with Gasteiger partial charge in [0.15, 0.2) is 10.8 Å². The molecule has 0 radical (unpaired) electrons. The molecule has 122 valence electrons. The number of hydrogen-bond donors (Lipinski definition) is 0. The van der Waals surface area contributed by atoms with Crippen LogP contribution in [0.5, 0.6) is 0 Å². The van der Waals surface area contributed by atoms with Gasteiger partial charge in [-0.05, 0) is 12.5 Å². The first kappa shape index (κ1) is 15.9. The summed E-state index contributed by atoms with van der Waals surface area (Å²) in [6.07, 6.45) is 3.31. The summed E-state index contributed by atoms with van der Waals surface area (Å²) in [5.74, 6) is -2.94. The molecule has 1 saturated carbocycles. The van der Waals surface area contributed by atoms with Crippen LogP contribution in [0, 0.1) is 28.1 Å². The minimum Gasteiger partial charge on any atom is -0.465 e. The van der Waals surface area contributed by atoms with Crippen LogP contribution in [0.3, 0.4) is 0 Å². The maximum Gasteiger partial charge on any atom is 0.324 e. The molecule has 24 heavy (non-hydrogen) atoms. The molecule has 1 aliphatic heterocycles. The molecule has 1 heterocycles. The van der Waals surface area contributed by atoms with Crippen molar-refractivity contribution in [3.05, 3.63) is 42.0 Å². The monoisotopic (exact) mass is 324 g/mol. The normalized spacial score (nSPS) is 31.0. The first-order valence-corrected chi connectivity index (χ1v) is 7.62. The van der Waals surface area contributed by atoms with Crippen molar-refractivity contribution in [3.8, 4) is 6.07 Å². The zero-order valence-corrected chi connectivity index (χ0v) is 13.4. The number of likely N-dealkylation sites (tertiary alicyclic amines) is 1. The highest BCUT2D eigenvalue weighted by Crippen LogP contribution is 2.74. The standard InChI is InChI=1S/C18H16N2O4/c1-3-24-16(23)18-13(10-9-12-7-5-4-6-8-12)17(18,11-19)14(21)20(2)15(18)22/h4-10,13H,3H2,1-2H3. The van der Waals surface area contributed by atoms with Crippen molar-refractivity contribution in [2.75, 3.05) is 13.7 Å². The van der Waals surface area contributed by atoms with Gasteiger partial charge in [0.05, 0.1) is 12.7 Å². The number of allylic oxidation sites excluding steroid dienone is 1. The molecule has 0 N–H and O–H groups in total. The molecule has 6 nitrogen and oxygen atoms in total. The van der Waals surface area contributed by atoms with E-state index in [1.54, 1.807) is 19.1 Å². The highest BCUT2D eigenvalue weighted by molar-refractivity contribution is 6.26. The fourth-order valence-electron chi connectivity index (χ4n) is 3.61. The lowest BCUT2D eigenvalue weighted by molar-refractivity contribution is -0.156. The Morgan fingerprint density at radius 2 is 2.00 bits per heavy atom. The van der Waals surface area contributed by atoms with Crippen LogP contribution in [0.25, 0.3) is 6.08 Å². The minimum absolute atomic E-state index is 0.0718. The smallest absolute Gasteiger partial charge is 0.324 e. The van der Waals surface area contributed by atoms with E-state index in [0.29, 0.717) is 0 Å². The molecule has 2 amide bonds. The third-order valence-corrected chi connectivity index (χ3v) is 4.81. The van der Waals surface area contributed by atoms with Gasteiger partial charge in [0.2, 0.25) is 5.91 Å². The van der Waals surface area contributed by atoms with Gasteiger partial charge in [-0.3, -0.25) is 19.3 Å². The van der Waals surface area contributed by atoms with E-state index in [4.69, 9.17) is 4.74 Å². The Balaban J connectivity index is 2.05. The zero-order chi connectivity index (χ0) is 17.5. The van der Waals surface area contributed by atoms with Gasteiger partial charge in [-0.15, -0.1) is 0 Å². The summed E-state index contributed by atoms with van der Waals surface area (Å²) in [6.45, 7) is 1.69. The molecule has 1 saturated heterocycles. The Bertz CT molecular complexity index is 795. The van der Waals surface area contributed by atoms with E-state index in [2.05, 4.69) is 0 Å². The van der Waals surface area contributed by atoms with Crippen molar-refractivity contribution in [3.63, 3.8) is 0 Å². The third kappa shape index (κ3) is 1.67. The van der Waals surface area contributed by atoms with E-state index in [1.807, 2.05) is 36.4 Å². The summed E-state index contributed by atoms with van der Waals surface area (Å²) in [5, 5.41) is 9.63. The summed E-state index contributed by atoms with van der Waals surface area (Å²) in [5.41, 5.74) is -2.60. The molecule has 6 heteroatoms. The molecule has 3 atom stereocenters. The summed E-state index contributed by atoms with van der Waals surface area (Å²) in [7, 11) is 1.29. The minimum atomic E-state index is -1.76. The van der Waals surface area contributed by atoms with Crippen LogP contribution in [0.1, 0.15) is 12.5 Å². The molecular formula is C18H16N2O4. The van der Waals surface area contributed by atoms with E-state index < -0.39 is 34.5 Å². The van der Waals surface area contributed by atoms with Gasteiger partial charge in [0.25, 0.3) is 5.91 Å². The topological polar surface area (TPSA) is 87.5 Å². The molecule has 3 unspecified atom stereocenters. The second-order valence-electron chi connectivity index (χ2n) is 5.87. The highest BCUT2D eigenvalue weighted by Gasteiger charge is 2.94. The largest absolute Gasteiger partial charge is 0.465 e. The quantitative estimate of drug-likeness (QED) is 0.474. The number of rotatable bonds is 4. The molecule has 0 aromatic heterocycles. The van der Waals surface area contributed by atoms with Crippen LogP contribution < -0.4 is 0 Å². The van der Waals surface area contributed by atoms with Gasteiger partial charge >= 0.3 is 5.97 Å². The number of nitrogens with zero attached hydrogens (tertiary/aromatic N) is 2. The summed E-state index contributed by atoms with van der Waals surface area (Å²) < 4.78 is 5.02. The van der Waals surface area contributed by atoms with Crippen LogP contribution in [0.2, 0.25) is 0 Å². The van der Waals surface area contributed by atoms with Crippen molar-refractivity contribution >= 4 is 23.9 Å². The average Bonchev–Trinajstić information content (AvgIpc) is 3.17. The van der Waals surface area contributed by atoms with Gasteiger partial charge in [-0.25, -0.2) is 0 Å². The van der Waals surface area contributed by atoms with E-state index in [9.17, 15) is 19.6 Å². The van der Waals surface area contributed by atoms with Gasteiger partial charge < -0.3 is 4.74 Å². The predicted octanol–water partition coefficient (Wildman–Crippen LogP) is 1.39. The van der Waals surface area contributed by atoms with Gasteiger partial charge in [0.1, 0.15) is 0 Å². The summed E-state index contributed by atoms with van der Waals surface area (Å²) in [4.78, 5) is 38.4. The van der Waals surface area contributed by atoms with Crippen molar-refractivity contribution in [2.24, 2.45) is 16.7 Å².